The minimum atomic E-state index is -0.785. The number of pyridine rings is 1. The normalized spacial score (nSPS) is 19.8. The van der Waals surface area contributed by atoms with Gasteiger partial charge in [0.2, 0.25) is 0 Å². The summed E-state index contributed by atoms with van der Waals surface area (Å²) in [4.78, 5) is 30.9. The van der Waals surface area contributed by atoms with Crippen LogP contribution < -0.4 is 10.6 Å². The van der Waals surface area contributed by atoms with E-state index < -0.39 is 17.6 Å². The lowest BCUT2D eigenvalue weighted by molar-refractivity contribution is -0.136. The summed E-state index contributed by atoms with van der Waals surface area (Å²) >= 11 is 0. The summed E-state index contributed by atoms with van der Waals surface area (Å²) in [5.74, 6) is -0.940. The molecule has 2 bridgehead atoms. The molecular formula is C22H27FN4O2. The summed E-state index contributed by atoms with van der Waals surface area (Å²) in [7, 11) is 0. The van der Waals surface area contributed by atoms with Crippen LogP contribution in [0, 0.1) is 17.7 Å². The number of carbonyl (C=O) groups is 2. The van der Waals surface area contributed by atoms with Gasteiger partial charge in [0.05, 0.1) is 11.9 Å². The Morgan fingerprint density at radius 3 is 2.86 bits per heavy atom. The van der Waals surface area contributed by atoms with Crippen LogP contribution in [0.2, 0.25) is 0 Å². The average Bonchev–Trinajstić information content (AvgIpc) is 3.08. The van der Waals surface area contributed by atoms with Gasteiger partial charge >= 0.3 is 11.8 Å². The maximum atomic E-state index is 13.3. The summed E-state index contributed by atoms with van der Waals surface area (Å²) in [6.45, 7) is 4.62. The molecular weight excluding hydrogens is 371 g/mol. The second kappa shape index (κ2) is 9.49. The highest BCUT2D eigenvalue weighted by Crippen LogP contribution is 2.34. The Balaban J connectivity index is 0.000000755. The van der Waals surface area contributed by atoms with Crippen molar-refractivity contribution in [2.24, 2.45) is 11.8 Å². The van der Waals surface area contributed by atoms with Crippen LogP contribution in [0.4, 0.5) is 10.1 Å². The first-order chi connectivity index (χ1) is 14.0. The van der Waals surface area contributed by atoms with Crippen molar-refractivity contribution in [3.8, 4) is 0 Å². The molecule has 3 N–H and O–H groups in total. The molecule has 29 heavy (non-hydrogen) atoms. The summed E-state index contributed by atoms with van der Waals surface area (Å²) in [6.07, 6.45) is 13.6. The second-order valence-electron chi connectivity index (χ2n) is 7.55. The van der Waals surface area contributed by atoms with Crippen LogP contribution in [0.1, 0.15) is 39.5 Å². The highest BCUT2D eigenvalue weighted by atomic mass is 19.1. The number of aromatic amines is 1. The minimum Gasteiger partial charge on any atom is -0.344 e. The number of allylic oxidation sites excluding steroid dienone is 3. The fourth-order valence-electron chi connectivity index (χ4n) is 3.70. The summed E-state index contributed by atoms with van der Waals surface area (Å²) in [5.41, 5.74) is 1.92. The van der Waals surface area contributed by atoms with E-state index in [0.717, 1.165) is 24.6 Å². The van der Waals surface area contributed by atoms with Crippen LogP contribution in [-0.2, 0) is 9.59 Å². The summed E-state index contributed by atoms with van der Waals surface area (Å²) in [5, 5.41) is 5.59. The van der Waals surface area contributed by atoms with Crippen molar-refractivity contribution in [1.29, 1.82) is 0 Å². The second-order valence-corrected chi connectivity index (χ2v) is 7.55. The van der Waals surface area contributed by atoms with E-state index in [9.17, 15) is 14.0 Å². The number of nitrogens with one attached hydrogen (secondary N) is 3. The zero-order valence-corrected chi connectivity index (χ0v) is 16.8. The number of carbonyl (C=O) groups excluding carboxylic acids is 2. The molecule has 0 fully saturated rings. The quantitative estimate of drug-likeness (QED) is 0.538. The van der Waals surface area contributed by atoms with Crippen molar-refractivity contribution in [3.63, 3.8) is 0 Å². The van der Waals surface area contributed by atoms with Crippen LogP contribution in [0.25, 0.3) is 11.0 Å². The number of nitrogens with zero attached hydrogens (tertiary/aromatic N) is 1. The zero-order chi connectivity index (χ0) is 20.8. The predicted octanol–water partition coefficient (Wildman–Crippen LogP) is 4.09. The largest absolute Gasteiger partial charge is 0.344 e. The number of anilines is 1. The van der Waals surface area contributed by atoms with Crippen molar-refractivity contribution in [1.82, 2.24) is 15.3 Å². The molecule has 2 aliphatic rings. The zero-order valence-electron chi connectivity index (χ0n) is 16.8. The Kier molecular flexibility index (Phi) is 6.80. The molecule has 4 rings (SSSR count). The van der Waals surface area contributed by atoms with Gasteiger partial charge in [0.25, 0.3) is 0 Å². The topological polar surface area (TPSA) is 86.9 Å². The molecule has 2 amide bonds. The van der Waals surface area contributed by atoms with E-state index in [2.05, 4.69) is 52.7 Å². The summed E-state index contributed by atoms with van der Waals surface area (Å²) < 4.78 is 13.3. The fourth-order valence-corrected chi connectivity index (χ4v) is 3.70. The van der Waals surface area contributed by atoms with E-state index in [-0.39, 0.29) is 0 Å². The first-order valence-electron chi connectivity index (χ1n) is 10.1. The molecule has 2 unspecified atom stereocenters. The first-order valence-corrected chi connectivity index (χ1v) is 10.1. The number of rotatable bonds is 3. The van der Waals surface area contributed by atoms with E-state index >= 15 is 0 Å². The number of fused-ring (bicyclic) bond motifs is 3. The van der Waals surface area contributed by atoms with Gasteiger partial charge in [-0.25, -0.2) is 9.37 Å². The number of amides is 2. The molecule has 2 aromatic heterocycles. The van der Waals surface area contributed by atoms with E-state index in [1.54, 1.807) is 0 Å². The van der Waals surface area contributed by atoms with Gasteiger partial charge in [0.1, 0.15) is 11.5 Å². The van der Waals surface area contributed by atoms with Gasteiger partial charge in [-0.3, -0.25) is 9.59 Å². The average molecular weight is 398 g/mol. The monoisotopic (exact) mass is 398 g/mol. The minimum absolute atomic E-state index is 0.323. The molecule has 7 heteroatoms. The standard InChI is InChI=1S/C19H19FN4O2.C3H8/c20-14-7-15-16(10-22-17(15)21-9-14)24-19(26)18(25)23-8-13-5-11-2-1-3-12(4-11)6-13;1-3-2/h1-2,5,7,9-12H,3-4,6,8H2,(H,21,22)(H,23,25)(H,24,26);3H2,1-2H3. The molecule has 6 nitrogen and oxygen atoms in total. The third-order valence-corrected chi connectivity index (χ3v) is 4.89. The lowest BCUT2D eigenvalue weighted by Crippen LogP contribution is -2.37. The Bertz CT molecular complexity index is 947. The number of H-pyrrole nitrogens is 1. The van der Waals surface area contributed by atoms with E-state index in [1.165, 1.54) is 25.1 Å². The Morgan fingerprint density at radius 1 is 1.31 bits per heavy atom. The molecule has 0 saturated carbocycles. The number of hydrogen-bond donors (Lipinski definition) is 3. The maximum Gasteiger partial charge on any atom is 0.313 e. The van der Waals surface area contributed by atoms with Crippen molar-refractivity contribution in [2.45, 2.75) is 39.5 Å². The van der Waals surface area contributed by atoms with E-state index in [1.807, 2.05) is 0 Å². The van der Waals surface area contributed by atoms with Crippen LogP contribution in [0.3, 0.4) is 0 Å². The molecule has 0 aromatic carbocycles. The van der Waals surface area contributed by atoms with Crippen LogP contribution in [0.15, 0.2) is 42.3 Å². The molecule has 0 saturated heterocycles. The van der Waals surface area contributed by atoms with Crippen molar-refractivity contribution in [2.75, 3.05) is 11.9 Å². The van der Waals surface area contributed by atoms with E-state index in [0.29, 0.717) is 35.1 Å². The van der Waals surface area contributed by atoms with Crippen LogP contribution in [0.5, 0.6) is 0 Å². The fraction of sp³-hybridized carbons (Fsp3) is 0.409. The third-order valence-electron chi connectivity index (χ3n) is 4.89. The van der Waals surface area contributed by atoms with Crippen molar-refractivity contribution < 1.29 is 14.0 Å². The van der Waals surface area contributed by atoms with E-state index in [4.69, 9.17) is 0 Å². The van der Waals surface area contributed by atoms with Gasteiger partial charge in [-0.05, 0) is 37.2 Å². The van der Waals surface area contributed by atoms with Gasteiger partial charge in [0.15, 0.2) is 0 Å². The lowest BCUT2D eigenvalue weighted by Gasteiger charge is -2.29. The third kappa shape index (κ3) is 5.31. The lowest BCUT2D eigenvalue weighted by atomic mass is 9.77. The molecule has 2 atom stereocenters. The van der Waals surface area contributed by atoms with Gasteiger partial charge in [0, 0.05) is 18.1 Å². The van der Waals surface area contributed by atoms with Gasteiger partial charge in [-0.2, -0.15) is 0 Å². The first kappa shape index (κ1) is 20.8. The maximum absolute atomic E-state index is 13.3. The SMILES string of the molecule is CCC.O=C(NCC1=CC2C=CCC(C1)C2)C(=O)Nc1c[nH]c2ncc(F)cc12. The van der Waals surface area contributed by atoms with Gasteiger partial charge < -0.3 is 15.6 Å². The molecule has 2 aromatic rings. The van der Waals surface area contributed by atoms with Crippen LogP contribution in [-0.4, -0.2) is 28.3 Å². The molecule has 154 valence electrons. The number of aromatic nitrogens is 2. The van der Waals surface area contributed by atoms with Gasteiger partial charge in [-0.15, -0.1) is 0 Å². The molecule has 0 radical (unpaired) electrons. The number of halogens is 1. The Hall–Kier alpha value is -2.96. The Morgan fingerprint density at radius 2 is 2.10 bits per heavy atom. The highest BCUT2D eigenvalue weighted by Gasteiger charge is 2.24. The molecule has 2 aliphatic carbocycles. The van der Waals surface area contributed by atoms with Gasteiger partial charge in [-0.1, -0.05) is 44.1 Å². The van der Waals surface area contributed by atoms with Crippen LogP contribution >= 0.6 is 0 Å². The predicted molar refractivity (Wildman–Crippen MR) is 112 cm³/mol. The number of hydrogen-bond acceptors (Lipinski definition) is 3. The Labute approximate surface area is 169 Å². The smallest absolute Gasteiger partial charge is 0.313 e. The molecule has 0 spiro atoms. The molecule has 0 aliphatic heterocycles. The molecule has 2 heterocycles. The van der Waals surface area contributed by atoms with Crippen molar-refractivity contribution >= 4 is 28.5 Å². The summed E-state index contributed by atoms with van der Waals surface area (Å²) in [6, 6.07) is 1.26. The highest BCUT2D eigenvalue weighted by molar-refractivity contribution is 6.40. The van der Waals surface area contributed by atoms with Crippen molar-refractivity contribution in [3.05, 3.63) is 48.1 Å².